The summed E-state index contributed by atoms with van der Waals surface area (Å²) in [6, 6.07) is 5.02. The van der Waals surface area contributed by atoms with Crippen molar-refractivity contribution in [1.82, 2.24) is 5.32 Å². The summed E-state index contributed by atoms with van der Waals surface area (Å²) in [7, 11) is 0. The molecule has 0 radical (unpaired) electrons. The minimum atomic E-state index is -2.88. The van der Waals surface area contributed by atoms with Crippen LogP contribution in [-0.2, 0) is 9.59 Å². The van der Waals surface area contributed by atoms with E-state index in [9.17, 15) is 18.4 Å². The average Bonchev–Trinajstić information content (AvgIpc) is 2.78. The molecule has 1 heterocycles. The quantitative estimate of drug-likeness (QED) is 0.871. The molecule has 0 unspecified atom stereocenters. The molecular weight excluding hydrogens is 258 g/mol. The Hall–Kier alpha value is -2.18. The lowest BCUT2D eigenvalue weighted by atomic mass is 10.2. The summed E-state index contributed by atoms with van der Waals surface area (Å²) in [5.41, 5.74) is 0.452. The zero-order valence-electron chi connectivity index (χ0n) is 9.86. The molecule has 1 aromatic rings. The molecule has 2 amide bonds. The standard InChI is InChI=1S/C12H12F2N2O3/c13-12(14)19-8-3-1-7(2-4-8)15-11(18)9-5-6-10(17)16-9/h1-4,9,12H,5-6H2,(H,15,18)(H,16,17)/t9-/m0/s1. The number of hydrogen-bond donors (Lipinski definition) is 2. The molecule has 0 saturated carbocycles. The Morgan fingerprint density at radius 1 is 1.37 bits per heavy atom. The normalized spacial score (nSPS) is 18.3. The predicted octanol–water partition coefficient (Wildman–Crippen LogP) is 1.51. The molecule has 0 aliphatic carbocycles. The van der Waals surface area contributed by atoms with Gasteiger partial charge in [-0.05, 0) is 30.7 Å². The van der Waals surface area contributed by atoms with Crippen molar-refractivity contribution in [3.8, 4) is 5.75 Å². The molecule has 5 nitrogen and oxygen atoms in total. The lowest BCUT2D eigenvalue weighted by Crippen LogP contribution is -2.37. The number of ether oxygens (including phenoxy) is 1. The number of carbonyl (C=O) groups excluding carboxylic acids is 2. The van der Waals surface area contributed by atoms with Crippen LogP contribution in [0.4, 0.5) is 14.5 Å². The Morgan fingerprint density at radius 3 is 2.58 bits per heavy atom. The minimum absolute atomic E-state index is 0.0159. The van der Waals surface area contributed by atoms with Crippen LogP contribution in [0.1, 0.15) is 12.8 Å². The molecule has 1 aliphatic heterocycles. The molecule has 7 heteroatoms. The third kappa shape index (κ3) is 3.64. The number of amides is 2. The zero-order chi connectivity index (χ0) is 13.8. The van der Waals surface area contributed by atoms with Gasteiger partial charge in [-0.3, -0.25) is 9.59 Å². The van der Waals surface area contributed by atoms with E-state index in [1.165, 1.54) is 24.3 Å². The van der Waals surface area contributed by atoms with Gasteiger partial charge in [-0.15, -0.1) is 0 Å². The monoisotopic (exact) mass is 270 g/mol. The molecule has 1 atom stereocenters. The molecule has 1 saturated heterocycles. The van der Waals surface area contributed by atoms with E-state index in [0.29, 0.717) is 18.5 Å². The van der Waals surface area contributed by atoms with Crippen molar-refractivity contribution in [2.45, 2.75) is 25.5 Å². The van der Waals surface area contributed by atoms with Gasteiger partial charge in [0.05, 0.1) is 0 Å². The van der Waals surface area contributed by atoms with Crippen molar-refractivity contribution < 1.29 is 23.1 Å². The van der Waals surface area contributed by atoms with E-state index in [-0.39, 0.29) is 17.6 Å². The van der Waals surface area contributed by atoms with E-state index in [1.807, 2.05) is 0 Å². The van der Waals surface area contributed by atoms with Gasteiger partial charge < -0.3 is 15.4 Å². The van der Waals surface area contributed by atoms with Crippen LogP contribution in [0.2, 0.25) is 0 Å². The Kier molecular flexibility index (Phi) is 3.94. The van der Waals surface area contributed by atoms with Crippen molar-refractivity contribution >= 4 is 17.5 Å². The van der Waals surface area contributed by atoms with Crippen LogP contribution >= 0.6 is 0 Å². The van der Waals surface area contributed by atoms with Gasteiger partial charge in [0.15, 0.2) is 0 Å². The number of carbonyl (C=O) groups is 2. The summed E-state index contributed by atoms with van der Waals surface area (Å²) >= 11 is 0. The van der Waals surface area contributed by atoms with Crippen LogP contribution in [0.15, 0.2) is 24.3 Å². The van der Waals surface area contributed by atoms with E-state index in [0.717, 1.165) is 0 Å². The molecule has 19 heavy (non-hydrogen) atoms. The summed E-state index contributed by atoms with van der Waals surface area (Å²) in [4.78, 5) is 22.7. The van der Waals surface area contributed by atoms with Crippen molar-refractivity contribution in [2.75, 3.05) is 5.32 Å². The summed E-state index contributed by atoms with van der Waals surface area (Å²) in [5, 5.41) is 5.12. The maximum absolute atomic E-state index is 11.9. The van der Waals surface area contributed by atoms with Crippen LogP contribution in [0.25, 0.3) is 0 Å². The fraction of sp³-hybridized carbons (Fsp3) is 0.333. The molecular formula is C12H12F2N2O3. The molecule has 0 bridgehead atoms. The Labute approximate surface area is 107 Å². The van der Waals surface area contributed by atoms with Crippen LogP contribution in [0.3, 0.4) is 0 Å². The first-order chi connectivity index (χ1) is 9.04. The number of benzene rings is 1. The maximum Gasteiger partial charge on any atom is 0.387 e. The lowest BCUT2D eigenvalue weighted by molar-refractivity contribution is -0.122. The van der Waals surface area contributed by atoms with E-state index in [4.69, 9.17) is 0 Å². The third-order valence-corrected chi connectivity index (χ3v) is 2.66. The van der Waals surface area contributed by atoms with Gasteiger partial charge >= 0.3 is 6.61 Å². The first kappa shape index (κ1) is 13.3. The van der Waals surface area contributed by atoms with Crippen LogP contribution in [0, 0.1) is 0 Å². The fourth-order valence-electron chi connectivity index (χ4n) is 1.76. The smallest absolute Gasteiger partial charge is 0.387 e. The summed E-state index contributed by atoms with van der Waals surface area (Å²) in [6.45, 7) is -2.88. The fourth-order valence-corrected chi connectivity index (χ4v) is 1.76. The highest BCUT2D eigenvalue weighted by Gasteiger charge is 2.27. The second-order valence-corrected chi connectivity index (χ2v) is 4.05. The summed E-state index contributed by atoms with van der Waals surface area (Å²) in [5.74, 6) is -0.462. The molecule has 102 valence electrons. The summed E-state index contributed by atoms with van der Waals surface area (Å²) < 4.78 is 28.1. The van der Waals surface area contributed by atoms with E-state index in [1.54, 1.807) is 0 Å². The zero-order valence-corrected chi connectivity index (χ0v) is 9.86. The predicted molar refractivity (Wildman–Crippen MR) is 62.9 cm³/mol. The van der Waals surface area contributed by atoms with Crippen molar-refractivity contribution in [3.05, 3.63) is 24.3 Å². The largest absolute Gasteiger partial charge is 0.435 e. The molecule has 1 aromatic carbocycles. The van der Waals surface area contributed by atoms with Crippen molar-refractivity contribution in [3.63, 3.8) is 0 Å². The number of hydrogen-bond acceptors (Lipinski definition) is 3. The SMILES string of the molecule is O=C1CC[C@@H](C(=O)Nc2ccc(OC(F)F)cc2)N1. The molecule has 2 rings (SSSR count). The van der Waals surface area contributed by atoms with E-state index < -0.39 is 12.7 Å². The Bertz CT molecular complexity index is 476. The van der Waals surface area contributed by atoms with E-state index in [2.05, 4.69) is 15.4 Å². The molecule has 1 fully saturated rings. The molecule has 1 aliphatic rings. The van der Waals surface area contributed by atoms with Gasteiger partial charge in [0.25, 0.3) is 0 Å². The first-order valence-electron chi connectivity index (χ1n) is 5.70. The van der Waals surface area contributed by atoms with Gasteiger partial charge in [0, 0.05) is 12.1 Å². The molecule has 2 N–H and O–H groups in total. The topological polar surface area (TPSA) is 67.4 Å². The van der Waals surface area contributed by atoms with Crippen molar-refractivity contribution in [1.29, 1.82) is 0 Å². The van der Waals surface area contributed by atoms with Crippen LogP contribution < -0.4 is 15.4 Å². The summed E-state index contributed by atoms with van der Waals surface area (Å²) in [6.07, 6.45) is 0.788. The van der Waals surface area contributed by atoms with Gasteiger partial charge in [-0.2, -0.15) is 8.78 Å². The van der Waals surface area contributed by atoms with E-state index >= 15 is 0 Å². The average molecular weight is 270 g/mol. The lowest BCUT2D eigenvalue weighted by Gasteiger charge is -2.11. The minimum Gasteiger partial charge on any atom is -0.435 e. The van der Waals surface area contributed by atoms with Crippen molar-refractivity contribution in [2.24, 2.45) is 0 Å². The highest BCUT2D eigenvalue weighted by Crippen LogP contribution is 2.18. The number of alkyl halides is 2. The van der Waals surface area contributed by atoms with Gasteiger partial charge in [-0.1, -0.05) is 0 Å². The first-order valence-corrected chi connectivity index (χ1v) is 5.70. The molecule has 0 aromatic heterocycles. The molecule has 0 spiro atoms. The third-order valence-electron chi connectivity index (χ3n) is 2.66. The van der Waals surface area contributed by atoms with Gasteiger partial charge in [0.2, 0.25) is 11.8 Å². The highest BCUT2D eigenvalue weighted by molar-refractivity contribution is 5.98. The second-order valence-electron chi connectivity index (χ2n) is 4.05. The van der Waals surface area contributed by atoms with Crippen LogP contribution in [0.5, 0.6) is 5.75 Å². The highest BCUT2D eigenvalue weighted by atomic mass is 19.3. The Morgan fingerprint density at radius 2 is 2.05 bits per heavy atom. The maximum atomic E-state index is 11.9. The number of anilines is 1. The Balaban J connectivity index is 1.92. The van der Waals surface area contributed by atoms with Gasteiger partial charge in [-0.25, -0.2) is 0 Å². The van der Waals surface area contributed by atoms with Gasteiger partial charge in [0.1, 0.15) is 11.8 Å². The second kappa shape index (κ2) is 5.64. The number of halogens is 2. The number of rotatable bonds is 4. The van der Waals surface area contributed by atoms with Crippen LogP contribution in [-0.4, -0.2) is 24.5 Å². The number of nitrogens with one attached hydrogen (secondary N) is 2.